The third-order valence-corrected chi connectivity index (χ3v) is 4.49. The smallest absolute Gasteiger partial charge is 0.332 e. The first-order valence-corrected chi connectivity index (χ1v) is 8.43. The van der Waals surface area contributed by atoms with Crippen LogP contribution in [0.2, 0.25) is 0 Å². The van der Waals surface area contributed by atoms with Gasteiger partial charge in [0.15, 0.2) is 4.34 Å². The number of hydrogen-bond acceptors (Lipinski definition) is 8. The third kappa shape index (κ3) is 5.78. The summed E-state index contributed by atoms with van der Waals surface area (Å²) in [6, 6.07) is 0. The second kappa shape index (κ2) is 8.38. The summed E-state index contributed by atoms with van der Waals surface area (Å²) in [6.07, 6.45) is 4.57. The van der Waals surface area contributed by atoms with Gasteiger partial charge >= 0.3 is 6.33 Å². The number of nitro groups is 1. The number of nitrogens with zero attached hydrogens (tertiary/aromatic N) is 7. The van der Waals surface area contributed by atoms with Crippen LogP contribution in [0.5, 0.6) is 0 Å². The molecule has 0 atom stereocenters. The molecule has 1 amide bonds. The highest BCUT2D eigenvalue weighted by Crippen LogP contribution is 2.26. The maximum absolute atomic E-state index is 11.9. The Morgan fingerprint density at radius 3 is 3.17 bits per heavy atom. The van der Waals surface area contributed by atoms with E-state index in [-0.39, 0.29) is 12.5 Å². The van der Waals surface area contributed by atoms with Crippen molar-refractivity contribution in [1.29, 1.82) is 0 Å². The maximum atomic E-state index is 11.9. The number of nitrogens with one attached hydrogen (secondary N) is 1. The van der Waals surface area contributed by atoms with E-state index in [9.17, 15) is 14.9 Å². The summed E-state index contributed by atoms with van der Waals surface area (Å²) in [7, 11) is 0. The molecule has 0 saturated heterocycles. The van der Waals surface area contributed by atoms with E-state index in [0.29, 0.717) is 5.13 Å². The lowest BCUT2D eigenvalue weighted by molar-refractivity contribution is -0.738. The van der Waals surface area contributed by atoms with E-state index in [1.165, 1.54) is 22.3 Å². The molecular weight excluding hydrogens is 344 g/mol. The van der Waals surface area contributed by atoms with Gasteiger partial charge in [0.25, 0.3) is 12.2 Å². The standard InChI is InChI=1S/C10H14N8O3S2/c1-2-3-4-22-10-14-13-9(23-10)12-8(19)5-16-7-17(6-11-16)15-18(20)21/h6-7H,2-5H2,1H3,(H,12,13,19). The molecule has 0 aliphatic rings. The number of aromatic nitrogens is 5. The van der Waals surface area contributed by atoms with E-state index in [1.807, 2.05) is 0 Å². The largest absolute Gasteiger partial charge is 0.373 e. The average Bonchev–Trinajstić information content (AvgIpc) is 3.08. The first-order chi connectivity index (χ1) is 11.1. The lowest BCUT2D eigenvalue weighted by Gasteiger charge is -2.07. The van der Waals surface area contributed by atoms with Crippen LogP contribution in [-0.2, 0) is 11.3 Å². The lowest BCUT2D eigenvalue weighted by atomic mass is 10.4. The molecule has 0 saturated carbocycles. The second-order valence-electron chi connectivity index (χ2n) is 4.27. The molecule has 0 fully saturated rings. The SMILES string of the molecule is CCCCSc1nnc(NC(=O)Cn2c[n+]([N-][N+](=O)[O-])cn2)s1. The summed E-state index contributed by atoms with van der Waals surface area (Å²) in [5.41, 5.74) is 3.01. The fourth-order valence-electron chi connectivity index (χ4n) is 1.46. The zero-order valence-electron chi connectivity index (χ0n) is 12.2. The van der Waals surface area contributed by atoms with Crippen molar-refractivity contribution in [1.82, 2.24) is 20.0 Å². The molecule has 23 heavy (non-hydrogen) atoms. The Labute approximate surface area is 139 Å². The van der Waals surface area contributed by atoms with Crippen molar-refractivity contribution in [2.75, 3.05) is 11.1 Å². The molecule has 11 nitrogen and oxygen atoms in total. The molecule has 0 unspecified atom stereocenters. The van der Waals surface area contributed by atoms with E-state index in [4.69, 9.17) is 0 Å². The van der Waals surface area contributed by atoms with Crippen molar-refractivity contribution in [2.24, 2.45) is 0 Å². The van der Waals surface area contributed by atoms with Crippen molar-refractivity contribution in [2.45, 2.75) is 30.6 Å². The summed E-state index contributed by atoms with van der Waals surface area (Å²) in [5.74, 6) is 0.606. The Morgan fingerprint density at radius 2 is 2.43 bits per heavy atom. The average molecular weight is 358 g/mol. The third-order valence-electron chi connectivity index (χ3n) is 2.43. The van der Waals surface area contributed by atoms with Crippen LogP contribution in [0.15, 0.2) is 17.0 Å². The van der Waals surface area contributed by atoms with Crippen molar-refractivity contribution in [3.05, 3.63) is 28.3 Å². The van der Waals surface area contributed by atoms with Crippen LogP contribution in [0, 0.1) is 10.1 Å². The fourth-order valence-corrected chi connectivity index (χ4v) is 3.38. The molecule has 0 aromatic carbocycles. The van der Waals surface area contributed by atoms with Gasteiger partial charge in [0.2, 0.25) is 11.7 Å². The maximum Gasteiger partial charge on any atom is 0.332 e. The molecule has 2 rings (SSSR count). The lowest BCUT2D eigenvalue weighted by Crippen LogP contribution is -2.29. The highest BCUT2D eigenvalue weighted by atomic mass is 32.2. The van der Waals surface area contributed by atoms with Crippen LogP contribution >= 0.6 is 23.1 Å². The zero-order chi connectivity index (χ0) is 16.7. The second-order valence-corrected chi connectivity index (χ2v) is 6.59. The fraction of sp³-hybridized carbons (Fsp3) is 0.500. The number of rotatable bonds is 9. The van der Waals surface area contributed by atoms with Crippen molar-refractivity contribution < 1.29 is 14.5 Å². The Balaban J connectivity index is 1.82. The molecule has 2 aromatic rings. The molecular formula is C10H14N8O3S2. The highest BCUT2D eigenvalue weighted by molar-refractivity contribution is 8.01. The minimum atomic E-state index is -0.856. The van der Waals surface area contributed by atoms with Crippen LogP contribution in [0.25, 0.3) is 5.53 Å². The van der Waals surface area contributed by atoms with Gasteiger partial charge in [0.05, 0.1) is 0 Å². The van der Waals surface area contributed by atoms with Crippen LogP contribution in [-0.4, -0.2) is 36.7 Å². The van der Waals surface area contributed by atoms with Gasteiger partial charge in [-0.25, -0.2) is 4.68 Å². The molecule has 124 valence electrons. The summed E-state index contributed by atoms with van der Waals surface area (Å²) >= 11 is 2.90. The number of carbonyl (C=O) groups is 1. The summed E-state index contributed by atoms with van der Waals surface area (Å²) in [6.45, 7) is 2.00. The predicted molar refractivity (Wildman–Crippen MR) is 82.3 cm³/mol. The molecule has 2 aromatic heterocycles. The molecule has 1 N–H and O–H groups in total. The summed E-state index contributed by atoms with van der Waals surface area (Å²) in [5, 5.41) is 24.1. The Kier molecular flexibility index (Phi) is 6.22. The van der Waals surface area contributed by atoms with E-state index in [1.54, 1.807) is 11.8 Å². The number of hydrogen-bond donors (Lipinski definition) is 1. The van der Waals surface area contributed by atoms with Gasteiger partial charge in [-0.15, -0.1) is 15.2 Å². The minimum Gasteiger partial charge on any atom is -0.373 e. The van der Waals surface area contributed by atoms with Crippen LogP contribution < -0.4 is 9.99 Å². The first-order valence-electron chi connectivity index (χ1n) is 6.63. The van der Waals surface area contributed by atoms with Crippen LogP contribution in [0.1, 0.15) is 19.8 Å². The number of anilines is 1. The molecule has 2 heterocycles. The Bertz CT molecular complexity index is 673. The predicted octanol–water partition coefficient (Wildman–Crippen LogP) is 0.881. The van der Waals surface area contributed by atoms with Crippen molar-refractivity contribution in [3.63, 3.8) is 0 Å². The highest BCUT2D eigenvalue weighted by Gasteiger charge is 2.15. The molecule has 0 bridgehead atoms. The molecule has 0 aliphatic heterocycles. The summed E-state index contributed by atoms with van der Waals surface area (Å²) in [4.78, 5) is 22.1. The topological polar surface area (TPSA) is 134 Å². The van der Waals surface area contributed by atoms with E-state index >= 15 is 0 Å². The molecule has 0 spiro atoms. The number of amides is 1. The molecule has 13 heteroatoms. The summed E-state index contributed by atoms with van der Waals surface area (Å²) < 4.78 is 2.93. The van der Waals surface area contributed by atoms with Gasteiger partial charge in [-0.1, -0.05) is 36.4 Å². The van der Waals surface area contributed by atoms with Gasteiger partial charge in [0, 0.05) is 5.75 Å². The van der Waals surface area contributed by atoms with Crippen LogP contribution in [0.4, 0.5) is 5.13 Å². The van der Waals surface area contributed by atoms with Gasteiger partial charge in [-0.05, 0) is 11.1 Å². The van der Waals surface area contributed by atoms with E-state index < -0.39 is 5.03 Å². The molecule has 0 radical (unpaired) electrons. The number of thioether (sulfide) groups is 1. The normalized spacial score (nSPS) is 10.5. The van der Waals surface area contributed by atoms with E-state index in [0.717, 1.165) is 33.9 Å². The minimum absolute atomic E-state index is 0.113. The number of carbonyl (C=O) groups excluding carboxylic acids is 1. The van der Waals surface area contributed by atoms with Gasteiger partial charge in [0.1, 0.15) is 5.10 Å². The van der Waals surface area contributed by atoms with Gasteiger partial charge in [-0.3, -0.25) is 15.6 Å². The number of unbranched alkanes of at least 4 members (excludes halogenated alkanes) is 1. The van der Waals surface area contributed by atoms with Crippen LogP contribution in [0.3, 0.4) is 0 Å². The zero-order valence-corrected chi connectivity index (χ0v) is 13.8. The van der Waals surface area contributed by atoms with E-state index in [2.05, 4.69) is 33.1 Å². The monoisotopic (exact) mass is 358 g/mol. The Morgan fingerprint density at radius 1 is 1.61 bits per heavy atom. The van der Waals surface area contributed by atoms with Gasteiger partial charge in [-0.2, -0.15) is 0 Å². The quantitative estimate of drug-likeness (QED) is 0.176. The Hall–Kier alpha value is -2.28. The van der Waals surface area contributed by atoms with Crippen molar-refractivity contribution in [3.8, 4) is 0 Å². The van der Waals surface area contributed by atoms with Gasteiger partial charge < -0.3 is 10.1 Å². The van der Waals surface area contributed by atoms with Crippen molar-refractivity contribution >= 4 is 34.1 Å². The first kappa shape index (κ1) is 17.1. The molecule has 0 aliphatic carbocycles.